The fourth-order valence-corrected chi connectivity index (χ4v) is 4.25. The van der Waals surface area contributed by atoms with Gasteiger partial charge in [-0.25, -0.2) is 8.42 Å². The van der Waals surface area contributed by atoms with Crippen molar-refractivity contribution < 1.29 is 22.7 Å². The first kappa shape index (κ1) is 22.1. The Morgan fingerprint density at radius 3 is 2.67 bits per heavy atom. The zero-order valence-corrected chi connectivity index (χ0v) is 18.0. The van der Waals surface area contributed by atoms with E-state index in [2.05, 4.69) is 15.0 Å². The molecule has 8 nitrogen and oxygen atoms in total. The number of carbonyl (C=O) groups is 2. The number of amides is 1. The summed E-state index contributed by atoms with van der Waals surface area (Å²) in [5, 5.41) is 3.00. The molecule has 0 aliphatic carbocycles. The van der Waals surface area contributed by atoms with E-state index >= 15 is 0 Å². The second-order valence-corrected chi connectivity index (χ2v) is 8.74. The van der Waals surface area contributed by atoms with Gasteiger partial charge in [0.2, 0.25) is 0 Å². The molecule has 3 rings (SSSR count). The number of hydrogen-bond acceptors (Lipinski definition) is 6. The molecule has 2 N–H and O–H groups in total. The van der Waals surface area contributed by atoms with Gasteiger partial charge in [-0.3, -0.25) is 19.3 Å². The number of hydrogen-bond donors (Lipinski definition) is 2. The lowest BCUT2D eigenvalue weighted by atomic mass is 10.2. The lowest BCUT2D eigenvalue weighted by Crippen LogP contribution is -2.30. The molecule has 0 saturated carbocycles. The maximum absolute atomic E-state index is 12.2. The van der Waals surface area contributed by atoms with Crippen molar-refractivity contribution in [3.05, 3.63) is 58.1 Å². The molecule has 0 bridgehead atoms. The lowest BCUT2D eigenvalue weighted by molar-refractivity contribution is -0.152. The van der Waals surface area contributed by atoms with Gasteiger partial charge in [-0.15, -0.1) is 0 Å². The SMILES string of the molecule is CC(OC(=O)CCN=C1NS(=O)(=O)c2ccccc21)C(=O)Nc1cccc(Cl)c1Cl. The maximum atomic E-state index is 12.2. The average Bonchev–Trinajstić information content (AvgIpc) is 2.96. The maximum Gasteiger partial charge on any atom is 0.308 e. The van der Waals surface area contributed by atoms with Gasteiger partial charge < -0.3 is 10.1 Å². The van der Waals surface area contributed by atoms with Gasteiger partial charge in [0.05, 0.1) is 33.6 Å². The third-order valence-corrected chi connectivity index (χ3v) is 6.35. The molecule has 1 amide bonds. The van der Waals surface area contributed by atoms with Crippen LogP contribution in [0.5, 0.6) is 0 Å². The van der Waals surface area contributed by atoms with Crippen molar-refractivity contribution in [2.45, 2.75) is 24.3 Å². The van der Waals surface area contributed by atoms with E-state index in [0.29, 0.717) is 11.3 Å². The van der Waals surface area contributed by atoms with Crippen molar-refractivity contribution >= 4 is 56.6 Å². The standard InChI is InChI=1S/C19H17Cl2N3O5S/c1-11(19(26)23-14-7-4-6-13(20)17(14)21)29-16(25)9-10-22-18-12-5-2-3-8-15(12)30(27,28)24-18/h2-8,11H,9-10H2,1H3,(H,22,24)(H,23,26). The third-order valence-electron chi connectivity index (χ3n) is 4.14. The molecule has 1 aliphatic rings. The number of nitrogens with zero attached hydrogens (tertiary/aromatic N) is 1. The highest BCUT2D eigenvalue weighted by molar-refractivity contribution is 7.90. The first-order chi connectivity index (χ1) is 14.2. The van der Waals surface area contributed by atoms with E-state index in [1.54, 1.807) is 36.4 Å². The Balaban J connectivity index is 1.54. The number of halogens is 2. The minimum Gasteiger partial charge on any atom is -0.452 e. The summed E-state index contributed by atoms with van der Waals surface area (Å²) >= 11 is 11.9. The molecule has 0 radical (unpaired) electrons. The fraction of sp³-hybridized carbons (Fsp3) is 0.211. The second kappa shape index (κ2) is 9.03. The molecule has 2 aromatic carbocycles. The summed E-state index contributed by atoms with van der Waals surface area (Å²) in [7, 11) is -3.64. The smallest absolute Gasteiger partial charge is 0.308 e. The first-order valence-corrected chi connectivity index (χ1v) is 11.0. The summed E-state index contributed by atoms with van der Waals surface area (Å²) in [5.41, 5.74) is 0.743. The van der Waals surface area contributed by atoms with Crippen LogP contribution in [0.1, 0.15) is 18.9 Å². The van der Waals surface area contributed by atoms with Gasteiger partial charge in [0.1, 0.15) is 5.84 Å². The zero-order valence-electron chi connectivity index (χ0n) is 15.7. The van der Waals surface area contributed by atoms with E-state index < -0.39 is 28.0 Å². The number of ether oxygens (including phenoxy) is 1. The largest absolute Gasteiger partial charge is 0.452 e. The van der Waals surface area contributed by atoms with Crippen molar-refractivity contribution in [2.24, 2.45) is 4.99 Å². The fourth-order valence-electron chi connectivity index (χ4n) is 2.65. The molecule has 11 heteroatoms. The number of amidine groups is 1. The second-order valence-electron chi connectivity index (χ2n) is 6.30. The van der Waals surface area contributed by atoms with E-state index in [4.69, 9.17) is 27.9 Å². The molecule has 1 unspecified atom stereocenters. The van der Waals surface area contributed by atoms with Gasteiger partial charge in [0.25, 0.3) is 15.9 Å². The summed E-state index contributed by atoms with van der Waals surface area (Å²) in [6.45, 7) is 1.40. The number of anilines is 1. The van der Waals surface area contributed by atoms with E-state index in [-0.39, 0.29) is 33.7 Å². The topological polar surface area (TPSA) is 114 Å². The molecule has 0 aromatic heterocycles. The van der Waals surface area contributed by atoms with Crippen LogP contribution in [0.3, 0.4) is 0 Å². The van der Waals surface area contributed by atoms with Gasteiger partial charge in [-0.2, -0.15) is 0 Å². The van der Waals surface area contributed by atoms with Gasteiger partial charge in [0, 0.05) is 5.56 Å². The van der Waals surface area contributed by atoms with Crippen molar-refractivity contribution in [1.29, 1.82) is 0 Å². The Labute approximate surface area is 183 Å². The number of carbonyl (C=O) groups excluding carboxylic acids is 2. The van der Waals surface area contributed by atoms with Crippen molar-refractivity contribution in [2.75, 3.05) is 11.9 Å². The van der Waals surface area contributed by atoms with Crippen LogP contribution in [0.2, 0.25) is 10.0 Å². The molecule has 1 atom stereocenters. The normalized spacial score (nSPS) is 16.4. The van der Waals surface area contributed by atoms with Crippen molar-refractivity contribution in [1.82, 2.24) is 4.72 Å². The van der Waals surface area contributed by atoms with Crippen LogP contribution >= 0.6 is 23.2 Å². The van der Waals surface area contributed by atoms with Crippen LogP contribution in [-0.4, -0.2) is 38.8 Å². The van der Waals surface area contributed by atoms with Crippen LogP contribution in [0.25, 0.3) is 0 Å². The number of benzene rings is 2. The predicted molar refractivity (Wildman–Crippen MR) is 113 cm³/mol. The summed E-state index contributed by atoms with van der Waals surface area (Å²) < 4.78 is 31.5. The lowest BCUT2D eigenvalue weighted by Gasteiger charge is -2.14. The van der Waals surface area contributed by atoms with E-state index in [0.717, 1.165) is 0 Å². The molecule has 0 saturated heterocycles. The van der Waals surface area contributed by atoms with Gasteiger partial charge in [-0.05, 0) is 31.2 Å². The molecule has 2 aromatic rings. The highest BCUT2D eigenvalue weighted by Crippen LogP contribution is 2.29. The Bertz CT molecular complexity index is 1130. The van der Waals surface area contributed by atoms with Crippen LogP contribution in [-0.2, 0) is 24.3 Å². The molecule has 158 valence electrons. The van der Waals surface area contributed by atoms with E-state index in [9.17, 15) is 18.0 Å². The third kappa shape index (κ3) is 4.92. The van der Waals surface area contributed by atoms with Crippen LogP contribution in [0.4, 0.5) is 5.69 Å². The van der Waals surface area contributed by atoms with E-state index in [1.165, 1.54) is 13.0 Å². The average molecular weight is 470 g/mol. The molecular weight excluding hydrogens is 453 g/mol. The number of esters is 1. The van der Waals surface area contributed by atoms with Crippen LogP contribution in [0.15, 0.2) is 52.4 Å². The molecule has 0 spiro atoms. The van der Waals surface area contributed by atoms with Crippen molar-refractivity contribution in [3.8, 4) is 0 Å². The molecule has 30 heavy (non-hydrogen) atoms. The summed E-state index contributed by atoms with van der Waals surface area (Å²) in [4.78, 5) is 28.5. The molecule has 1 heterocycles. The van der Waals surface area contributed by atoms with Gasteiger partial charge in [-0.1, -0.05) is 41.4 Å². The minimum atomic E-state index is -3.64. The summed E-state index contributed by atoms with van der Waals surface area (Å²) in [6.07, 6.45) is -1.21. The molecular formula is C19H17Cl2N3O5S. The number of sulfonamides is 1. The van der Waals surface area contributed by atoms with Crippen molar-refractivity contribution in [3.63, 3.8) is 0 Å². The van der Waals surface area contributed by atoms with Crippen LogP contribution in [0, 0.1) is 0 Å². The predicted octanol–water partition coefficient (Wildman–Crippen LogP) is 2.99. The Hall–Kier alpha value is -2.62. The van der Waals surface area contributed by atoms with E-state index in [1.807, 2.05) is 0 Å². The number of rotatable bonds is 6. The highest BCUT2D eigenvalue weighted by atomic mass is 35.5. The highest BCUT2D eigenvalue weighted by Gasteiger charge is 2.30. The van der Waals surface area contributed by atoms with Gasteiger partial charge in [0.15, 0.2) is 6.10 Å². The molecule has 1 aliphatic heterocycles. The Morgan fingerprint density at radius 2 is 1.90 bits per heavy atom. The number of nitrogens with one attached hydrogen (secondary N) is 2. The number of fused-ring (bicyclic) bond motifs is 1. The van der Waals surface area contributed by atoms with Gasteiger partial charge >= 0.3 is 5.97 Å². The minimum absolute atomic E-state index is 0.0144. The summed E-state index contributed by atoms with van der Waals surface area (Å²) in [6, 6.07) is 11.2. The Kier molecular flexibility index (Phi) is 6.64. The molecule has 0 fully saturated rings. The van der Waals surface area contributed by atoms with Crippen LogP contribution < -0.4 is 10.0 Å². The first-order valence-electron chi connectivity index (χ1n) is 8.80. The zero-order chi connectivity index (χ0) is 21.9. The number of aliphatic imine (C=N–C) groups is 1. The quantitative estimate of drug-likeness (QED) is 0.631. The monoisotopic (exact) mass is 469 g/mol. The summed E-state index contributed by atoms with van der Waals surface area (Å²) in [5.74, 6) is -1.07. The Morgan fingerprint density at radius 1 is 1.17 bits per heavy atom.